The molecule has 0 spiro atoms. The van der Waals surface area contributed by atoms with Crippen molar-refractivity contribution in [2.24, 2.45) is 0 Å². The highest BCUT2D eigenvalue weighted by molar-refractivity contribution is 5.80. The second-order valence-electron chi connectivity index (χ2n) is 3.66. The average Bonchev–Trinajstić information content (AvgIpc) is 2.54. The number of hydrogen-bond acceptors (Lipinski definition) is 1. The van der Waals surface area contributed by atoms with Gasteiger partial charge in [0.15, 0.2) is 0 Å². The molecule has 0 saturated heterocycles. The van der Waals surface area contributed by atoms with E-state index in [0.717, 1.165) is 6.07 Å². The van der Waals surface area contributed by atoms with Crippen molar-refractivity contribution in [1.29, 1.82) is 0 Å². The van der Waals surface area contributed by atoms with Crippen molar-refractivity contribution < 1.29 is 13.2 Å². The van der Waals surface area contributed by atoms with E-state index in [1.54, 1.807) is 13.8 Å². The zero-order chi connectivity index (χ0) is 11.9. The fraction of sp³-hybridized carbons (Fsp3) is 0.364. The molecule has 2 aromatic rings. The van der Waals surface area contributed by atoms with Crippen LogP contribution in [0.3, 0.4) is 0 Å². The Labute approximate surface area is 90.5 Å². The van der Waals surface area contributed by atoms with E-state index < -0.39 is 11.7 Å². The Kier molecular flexibility index (Phi) is 2.40. The lowest BCUT2D eigenvalue weighted by Crippen LogP contribution is -2.09. The first-order chi connectivity index (χ1) is 7.43. The molecule has 86 valence electrons. The monoisotopic (exact) mass is 228 g/mol. The first kappa shape index (κ1) is 11.0. The van der Waals surface area contributed by atoms with E-state index in [2.05, 4.69) is 9.97 Å². The van der Waals surface area contributed by atoms with Crippen molar-refractivity contribution in [3.63, 3.8) is 0 Å². The maximum absolute atomic E-state index is 12.7. The Morgan fingerprint density at radius 3 is 2.56 bits per heavy atom. The van der Waals surface area contributed by atoms with Gasteiger partial charge in [-0.05, 0) is 31.0 Å². The zero-order valence-corrected chi connectivity index (χ0v) is 8.94. The molecule has 0 amide bonds. The zero-order valence-electron chi connectivity index (χ0n) is 8.94. The number of halogens is 3. The van der Waals surface area contributed by atoms with Crippen LogP contribution in [-0.2, 0) is 12.6 Å². The van der Waals surface area contributed by atoms with Crippen molar-refractivity contribution in [2.75, 3.05) is 0 Å². The summed E-state index contributed by atoms with van der Waals surface area (Å²) in [7, 11) is 0. The van der Waals surface area contributed by atoms with Crippen molar-refractivity contribution in [3.05, 3.63) is 29.1 Å². The number of aromatic amines is 1. The van der Waals surface area contributed by atoms with Gasteiger partial charge in [-0.25, -0.2) is 4.98 Å². The summed E-state index contributed by atoms with van der Waals surface area (Å²) < 4.78 is 38.2. The van der Waals surface area contributed by atoms with Crippen molar-refractivity contribution in [1.82, 2.24) is 9.97 Å². The number of fused-ring (bicyclic) bond motifs is 1. The Hall–Kier alpha value is -1.52. The maximum atomic E-state index is 12.7. The molecule has 0 fully saturated rings. The van der Waals surface area contributed by atoms with Gasteiger partial charge in [-0.2, -0.15) is 13.2 Å². The van der Waals surface area contributed by atoms with Crippen LogP contribution in [0.15, 0.2) is 12.1 Å². The third-order valence-electron chi connectivity index (χ3n) is 2.54. The summed E-state index contributed by atoms with van der Waals surface area (Å²) >= 11 is 0. The predicted molar refractivity (Wildman–Crippen MR) is 55.2 cm³/mol. The van der Waals surface area contributed by atoms with E-state index in [4.69, 9.17) is 0 Å². The molecule has 16 heavy (non-hydrogen) atoms. The Morgan fingerprint density at radius 1 is 1.31 bits per heavy atom. The lowest BCUT2D eigenvalue weighted by atomic mass is 10.0. The summed E-state index contributed by atoms with van der Waals surface area (Å²) in [5.41, 5.74) is 0.750. The standard InChI is InChI=1S/C11H11F3N2/c1-3-7-8(11(12,13)14)4-5-9-10(7)16-6(2)15-9/h4-5H,3H2,1-2H3,(H,15,16). The van der Waals surface area contributed by atoms with Crippen molar-refractivity contribution in [2.45, 2.75) is 26.4 Å². The van der Waals surface area contributed by atoms with Crippen LogP contribution < -0.4 is 0 Å². The minimum absolute atomic E-state index is 0.259. The lowest BCUT2D eigenvalue weighted by molar-refractivity contribution is -0.138. The molecular formula is C11H11F3N2. The van der Waals surface area contributed by atoms with Crippen LogP contribution >= 0.6 is 0 Å². The van der Waals surface area contributed by atoms with Crippen LogP contribution in [-0.4, -0.2) is 9.97 Å². The number of H-pyrrole nitrogens is 1. The van der Waals surface area contributed by atoms with Gasteiger partial charge in [0, 0.05) is 0 Å². The van der Waals surface area contributed by atoms with Gasteiger partial charge < -0.3 is 4.98 Å². The Morgan fingerprint density at radius 2 is 2.00 bits per heavy atom. The molecule has 0 radical (unpaired) electrons. The molecule has 2 rings (SSSR count). The quantitative estimate of drug-likeness (QED) is 0.795. The van der Waals surface area contributed by atoms with E-state index in [9.17, 15) is 13.2 Å². The molecule has 0 aliphatic rings. The number of hydrogen-bond donors (Lipinski definition) is 1. The van der Waals surface area contributed by atoms with Gasteiger partial charge in [-0.15, -0.1) is 0 Å². The topological polar surface area (TPSA) is 28.7 Å². The van der Waals surface area contributed by atoms with E-state index in [1.807, 2.05) is 0 Å². The average molecular weight is 228 g/mol. The molecule has 1 aromatic carbocycles. The van der Waals surface area contributed by atoms with Gasteiger partial charge in [0.2, 0.25) is 0 Å². The van der Waals surface area contributed by atoms with E-state index in [-0.39, 0.29) is 5.56 Å². The predicted octanol–water partition coefficient (Wildman–Crippen LogP) is 3.45. The van der Waals surface area contributed by atoms with E-state index >= 15 is 0 Å². The number of alkyl halides is 3. The summed E-state index contributed by atoms with van der Waals surface area (Å²) in [6, 6.07) is 2.54. The highest BCUT2D eigenvalue weighted by Gasteiger charge is 2.33. The van der Waals surface area contributed by atoms with Crippen LogP contribution in [0, 0.1) is 6.92 Å². The van der Waals surface area contributed by atoms with Crippen LogP contribution in [0.25, 0.3) is 11.0 Å². The van der Waals surface area contributed by atoms with Gasteiger partial charge in [0.1, 0.15) is 5.82 Å². The summed E-state index contributed by atoms with van der Waals surface area (Å²) in [4.78, 5) is 7.04. The van der Waals surface area contributed by atoms with Crippen LogP contribution in [0.4, 0.5) is 13.2 Å². The van der Waals surface area contributed by atoms with Gasteiger partial charge in [-0.3, -0.25) is 0 Å². The molecular weight excluding hydrogens is 217 g/mol. The number of imidazole rings is 1. The SMILES string of the molecule is CCc1c(C(F)(F)F)ccc2[nH]c(C)nc12. The molecule has 0 unspecified atom stereocenters. The van der Waals surface area contributed by atoms with Gasteiger partial charge in [0.25, 0.3) is 0 Å². The second-order valence-corrected chi connectivity index (χ2v) is 3.66. The minimum atomic E-state index is -4.31. The number of rotatable bonds is 1. The molecule has 5 heteroatoms. The Bertz CT molecular complexity index is 526. The highest BCUT2D eigenvalue weighted by Crippen LogP contribution is 2.35. The first-order valence-corrected chi connectivity index (χ1v) is 4.99. The number of nitrogens with zero attached hydrogens (tertiary/aromatic N) is 1. The summed E-state index contributed by atoms with van der Waals surface area (Å²) in [6.45, 7) is 3.43. The van der Waals surface area contributed by atoms with Gasteiger partial charge >= 0.3 is 6.18 Å². The minimum Gasteiger partial charge on any atom is -0.342 e. The summed E-state index contributed by atoms with van der Waals surface area (Å²) in [5.74, 6) is 0.629. The second kappa shape index (κ2) is 3.50. The maximum Gasteiger partial charge on any atom is 0.416 e. The molecule has 0 aliphatic carbocycles. The molecule has 1 heterocycles. The Balaban J connectivity index is 2.77. The van der Waals surface area contributed by atoms with E-state index in [1.165, 1.54) is 6.07 Å². The molecule has 2 nitrogen and oxygen atoms in total. The van der Waals surface area contributed by atoms with Crippen LogP contribution in [0.2, 0.25) is 0 Å². The number of aromatic nitrogens is 2. The summed E-state index contributed by atoms with van der Waals surface area (Å²) in [6.07, 6.45) is -4.00. The lowest BCUT2D eigenvalue weighted by Gasteiger charge is -2.11. The number of nitrogens with one attached hydrogen (secondary N) is 1. The molecule has 0 atom stereocenters. The number of benzene rings is 1. The van der Waals surface area contributed by atoms with Crippen LogP contribution in [0.5, 0.6) is 0 Å². The van der Waals surface area contributed by atoms with Crippen molar-refractivity contribution in [3.8, 4) is 0 Å². The van der Waals surface area contributed by atoms with Gasteiger partial charge in [0.05, 0.1) is 16.6 Å². The van der Waals surface area contributed by atoms with Crippen LogP contribution in [0.1, 0.15) is 23.9 Å². The normalized spacial score (nSPS) is 12.3. The third kappa shape index (κ3) is 1.66. The summed E-state index contributed by atoms with van der Waals surface area (Å²) in [5, 5.41) is 0. The highest BCUT2D eigenvalue weighted by atomic mass is 19.4. The molecule has 0 aliphatic heterocycles. The first-order valence-electron chi connectivity index (χ1n) is 4.99. The van der Waals surface area contributed by atoms with E-state index in [0.29, 0.717) is 23.3 Å². The smallest absolute Gasteiger partial charge is 0.342 e. The molecule has 0 saturated carbocycles. The van der Waals surface area contributed by atoms with Gasteiger partial charge in [-0.1, -0.05) is 6.92 Å². The molecule has 1 N–H and O–H groups in total. The molecule has 1 aromatic heterocycles. The largest absolute Gasteiger partial charge is 0.416 e. The molecule has 0 bridgehead atoms. The fourth-order valence-corrected chi connectivity index (χ4v) is 1.88. The fourth-order valence-electron chi connectivity index (χ4n) is 1.88. The third-order valence-corrected chi connectivity index (χ3v) is 2.54. The van der Waals surface area contributed by atoms with Crippen molar-refractivity contribution >= 4 is 11.0 Å². The number of aryl methyl sites for hydroxylation is 2.